The van der Waals surface area contributed by atoms with Crippen molar-refractivity contribution in [3.8, 4) is 23.0 Å². The van der Waals surface area contributed by atoms with Crippen molar-refractivity contribution in [2.24, 2.45) is 5.92 Å². The van der Waals surface area contributed by atoms with Gasteiger partial charge in [-0.1, -0.05) is 32.9 Å². The molecule has 6 heteroatoms. The molecule has 0 N–H and O–H groups in total. The van der Waals surface area contributed by atoms with Crippen LogP contribution < -0.4 is 18.9 Å². The van der Waals surface area contributed by atoms with Gasteiger partial charge in [-0.3, -0.25) is 0 Å². The second kappa shape index (κ2) is 11.9. The van der Waals surface area contributed by atoms with Gasteiger partial charge in [0.05, 0.1) is 19.3 Å². The molecule has 0 aliphatic rings. The van der Waals surface area contributed by atoms with Crippen LogP contribution in [0.15, 0.2) is 66.7 Å². The van der Waals surface area contributed by atoms with Crippen LogP contribution in [0.5, 0.6) is 23.0 Å². The molecule has 0 heterocycles. The maximum Gasteiger partial charge on any atom is 0.347 e. The predicted octanol–water partition coefficient (Wildman–Crippen LogP) is 6.12. The third-order valence-electron chi connectivity index (χ3n) is 5.20. The van der Waals surface area contributed by atoms with Gasteiger partial charge in [-0.05, 0) is 72.9 Å². The maximum absolute atomic E-state index is 12.7. The molecule has 0 bridgehead atoms. The Bertz CT molecular complexity index is 1100. The van der Waals surface area contributed by atoms with E-state index in [1.54, 1.807) is 54.6 Å². The van der Waals surface area contributed by atoms with Crippen molar-refractivity contribution in [3.05, 3.63) is 83.4 Å². The summed E-state index contributed by atoms with van der Waals surface area (Å²) >= 11 is 0. The first-order valence-corrected chi connectivity index (χ1v) is 11.3. The van der Waals surface area contributed by atoms with Crippen molar-refractivity contribution in [2.75, 3.05) is 13.7 Å². The molecule has 0 atom stereocenters. The Labute approximate surface area is 200 Å². The van der Waals surface area contributed by atoms with Crippen LogP contribution in [0.4, 0.5) is 0 Å². The van der Waals surface area contributed by atoms with Crippen LogP contribution in [0.25, 0.3) is 0 Å². The Hall–Kier alpha value is -3.80. The smallest absolute Gasteiger partial charge is 0.347 e. The van der Waals surface area contributed by atoms with Gasteiger partial charge in [0.25, 0.3) is 0 Å². The van der Waals surface area contributed by atoms with Crippen LogP contribution in [0.3, 0.4) is 0 Å². The van der Waals surface area contributed by atoms with E-state index in [2.05, 4.69) is 20.8 Å². The average molecular weight is 463 g/mol. The number of hydrogen-bond donors (Lipinski definition) is 0. The molecule has 3 rings (SSSR count). The highest BCUT2D eigenvalue weighted by Gasteiger charge is 2.17. The Kier molecular flexibility index (Phi) is 8.68. The first-order valence-electron chi connectivity index (χ1n) is 11.3. The third-order valence-corrected chi connectivity index (χ3v) is 5.20. The monoisotopic (exact) mass is 462 g/mol. The van der Waals surface area contributed by atoms with E-state index in [0.717, 1.165) is 18.4 Å². The number of benzene rings is 3. The number of methoxy groups -OCH3 is 1. The van der Waals surface area contributed by atoms with Gasteiger partial charge < -0.3 is 18.9 Å². The van der Waals surface area contributed by atoms with Crippen molar-refractivity contribution >= 4 is 11.9 Å². The van der Waals surface area contributed by atoms with Crippen LogP contribution in [-0.4, -0.2) is 25.7 Å². The van der Waals surface area contributed by atoms with Crippen molar-refractivity contribution in [3.63, 3.8) is 0 Å². The summed E-state index contributed by atoms with van der Waals surface area (Å²) in [5, 5.41) is 0. The highest BCUT2D eigenvalue weighted by atomic mass is 16.5. The lowest BCUT2D eigenvalue weighted by Gasteiger charge is -2.12. The Morgan fingerprint density at radius 2 is 1.38 bits per heavy atom. The van der Waals surface area contributed by atoms with E-state index in [0.29, 0.717) is 41.1 Å². The van der Waals surface area contributed by atoms with Gasteiger partial charge in [0.2, 0.25) is 0 Å². The molecule has 0 aliphatic heterocycles. The number of aryl methyl sites for hydroxylation is 1. The first kappa shape index (κ1) is 24.8. The van der Waals surface area contributed by atoms with Gasteiger partial charge in [0.15, 0.2) is 0 Å². The number of ether oxygens (including phenoxy) is 4. The van der Waals surface area contributed by atoms with E-state index in [1.807, 2.05) is 12.1 Å². The SMILES string of the molecule is CCc1ccc(OC(=O)c2ccc(OC(=O)c3ccc(OCCC(C)C)cc3OC)cc2)cc1. The van der Waals surface area contributed by atoms with E-state index in [1.165, 1.54) is 7.11 Å². The topological polar surface area (TPSA) is 71.1 Å². The minimum Gasteiger partial charge on any atom is -0.496 e. The van der Waals surface area contributed by atoms with E-state index < -0.39 is 11.9 Å². The van der Waals surface area contributed by atoms with Crippen LogP contribution in [0.1, 0.15) is 53.5 Å². The summed E-state index contributed by atoms with van der Waals surface area (Å²) in [4.78, 5) is 25.1. The zero-order chi connectivity index (χ0) is 24.5. The molecule has 34 heavy (non-hydrogen) atoms. The Morgan fingerprint density at radius 3 is 1.97 bits per heavy atom. The minimum absolute atomic E-state index is 0.276. The summed E-state index contributed by atoms with van der Waals surface area (Å²) in [7, 11) is 1.49. The molecule has 0 spiro atoms. The Morgan fingerprint density at radius 1 is 0.794 bits per heavy atom. The maximum atomic E-state index is 12.7. The van der Waals surface area contributed by atoms with Crippen LogP contribution in [-0.2, 0) is 6.42 Å². The number of carbonyl (C=O) groups excluding carboxylic acids is 2. The molecule has 0 unspecified atom stereocenters. The molecular weight excluding hydrogens is 432 g/mol. The summed E-state index contributed by atoms with van der Waals surface area (Å²) < 4.78 is 21.9. The summed E-state index contributed by atoms with van der Waals surface area (Å²) in [6, 6.07) is 18.6. The molecule has 6 nitrogen and oxygen atoms in total. The van der Waals surface area contributed by atoms with Crippen LogP contribution in [0, 0.1) is 5.92 Å². The van der Waals surface area contributed by atoms with Crippen molar-refractivity contribution in [1.82, 2.24) is 0 Å². The van der Waals surface area contributed by atoms with Gasteiger partial charge in [0.1, 0.15) is 28.6 Å². The molecule has 3 aromatic rings. The van der Waals surface area contributed by atoms with Gasteiger partial charge in [0, 0.05) is 6.07 Å². The lowest BCUT2D eigenvalue weighted by molar-refractivity contribution is 0.0728. The molecule has 0 amide bonds. The molecule has 0 radical (unpaired) electrons. The fourth-order valence-electron chi connectivity index (χ4n) is 3.12. The molecule has 0 saturated carbocycles. The third kappa shape index (κ3) is 6.85. The lowest BCUT2D eigenvalue weighted by atomic mass is 10.1. The fourth-order valence-corrected chi connectivity index (χ4v) is 3.12. The fraction of sp³-hybridized carbons (Fsp3) is 0.286. The van der Waals surface area contributed by atoms with Crippen molar-refractivity contribution in [2.45, 2.75) is 33.6 Å². The van der Waals surface area contributed by atoms with Gasteiger partial charge in [-0.2, -0.15) is 0 Å². The zero-order valence-electron chi connectivity index (χ0n) is 20.0. The summed E-state index contributed by atoms with van der Waals surface area (Å²) in [6.45, 7) is 6.90. The largest absolute Gasteiger partial charge is 0.496 e. The average Bonchev–Trinajstić information content (AvgIpc) is 2.84. The van der Waals surface area contributed by atoms with E-state index in [-0.39, 0.29) is 5.56 Å². The second-order valence-corrected chi connectivity index (χ2v) is 8.19. The van der Waals surface area contributed by atoms with Gasteiger partial charge in [-0.25, -0.2) is 9.59 Å². The minimum atomic E-state index is -0.572. The zero-order valence-corrected chi connectivity index (χ0v) is 20.0. The van der Waals surface area contributed by atoms with E-state index in [4.69, 9.17) is 18.9 Å². The standard InChI is InChI=1S/C28H30O6/c1-5-20-6-10-22(11-7-20)33-27(29)21-8-12-23(13-9-21)34-28(30)25-15-14-24(18-26(25)31-4)32-17-16-19(2)3/h6-15,18-19H,5,16-17H2,1-4H3. The quantitative estimate of drug-likeness (QED) is 0.267. The summed E-state index contributed by atoms with van der Waals surface area (Å²) in [5.41, 5.74) is 1.79. The van der Waals surface area contributed by atoms with Gasteiger partial charge >= 0.3 is 11.9 Å². The Balaban J connectivity index is 1.61. The van der Waals surface area contributed by atoms with Crippen molar-refractivity contribution in [1.29, 1.82) is 0 Å². The molecule has 0 saturated heterocycles. The normalized spacial score (nSPS) is 10.6. The molecule has 0 aromatic heterocycles. The first-order chi connectivity index (χ1) is 16.4. The second-order valence-electron chi connectivity index (χ2n) is 8.19. The number of carbonyl (C=O) groups is 2. The summed E-state index contributed by atoms with van der Waals surface area (Å²) in [6.07, 6.45) is 1.84. The number of hydrogen-bond acceptors (Lipinski definition) is 6. The highest BCUT2D eigenvalue weighted by Crippen LogP contribution is 2.27. The van der Waals surface area contributed by atoms with Crippen molar-refractivity contribution < 1.29 is 28.5 Å². The highest BCUT2D eigenvalue weighted by molar-refractivity contribution is 5.94. The molecule has 3 aromatic carbocycles. The number of rotatable bonds is 10. The van der Waals surface area contributed by atoms with Gasteiger partial charge in [-0.15, -0.1) is 0 Å². The summed E-state index contributed by atoms with van der Waals surface area (Å²) in [5.74, 6) is 1.24. The molecular formula is C28H30O6. The van der Waals surface area contributed by atoms with E-state index in [9.17, 15) is 9.59 Å². The van der Waals surface area contributed by atoms with Crippen LogP contribution in [0.2, 0.25) is 0 Å². The molecule has 0 fully saturated rings. The molecule has 178 valence electrons. The van der Waals surface area contributed by atoms with E-state index >= 15 is 0 Å². The van der Waals surface area contributed by atoms with Crippen LogP contribution >= 0.6 is 0 Å². The predicted molar refractivity (Wildman–Crippen MR) is 130 cm³/mol. The number of esters is 2. The lowest BCUT2D eigenvalue weighted by Crippen LogP contribution is -2.11. The molecule has 0 aliphatic carbocycles.